The molecule has 0 saturated heterocycles. The third-order valence-corrected chi connectivity index (χ3v) is 2.84. The fourth-order valence-corrected chi connectivity index (χ4v) is 1.81. The van der Waals surface area contributed by atoms with E-state index in [4.69, 9.17) is 4.74 Å². The Bertz CT molecular complexity index is 621. The number of carbonyl (C=O) groups is 1. The first-order valence-corrected chi connectivity index (χ1v) is 5.78. The SMILES string of the molecule is COc1ccccc1C(F)(F)C(=O)c1ccc(F)cc1. The Kier molecular flexibility index (Phi) is 3.79. The Hall–Kier alpha value is -2.30. The summed E-state index contributed by atoms with van der Waals surface area (Å²) in [5.74, 6) is -5.82. The zero-order valence-electron chi connectivity index (χ0n) is 10.6. The molecule has 2 aromatic rings. The van der Waals surface area contributed by atoms with Gasteiger partial charge in [0.15, 0.2) is 0 Å². The average Bonchev–Trinajstić information content (AvgIpc) is 2.47. The molecule has 0 unspecified atom stereocenters. The van der Waals surface area contributed by atoms with Crippen molar-refractivity contribution in [2.45, 2.75) is 5.92 Å². The summed E-state index contributed by atoms with van der Waals surface area (Å²) >= 11 is 0. The highest BCUT2D eigenvalue weighted by Gasteiger charge is 2.43. The van der Waals surface area contributed by atoms with Crippen LogP contribution in [0.15, 0.2) is 48.5 Å². The van der Waals surface area contributed by atoms with Crippen molar-refractivity contribution in [3.63, 3.8) is 0 Å². The predicted octanol–water partition coefficient (Wildman–Crippen LogP) is 3.81. The van der Waals surface area contributed by atoms with Crippen LogP contribution in [0.3, 0.4) is 0 Å². The number of carbonyl (C=O) groups excluding carboxylic acids is 1. The molecule has 2 aromatic carbocycles. The van der Waals surface area contributed by atoms with Crippen LogP contribution < -0.4 is 4.74 Å². The number of halogens is 3. The molecule has 0 atom stereocenters. The Morgan fingerprint density at radius 2 is 1.65 bits per heavy atom. The van der Waals surface area contributed by atoms with Crippen molar-refractivity contribution in [3.8, 4) is 5.75 Å². The van der Waals surface area contributed by atoms with Gasteiger partial charge in [0.05, 0.1) is 12.7 Å². The van der Waals surface area contributed by atoms with E-state index >= 15 is 0 Å². The lowest BCUT2D eigenvalue weighted by molar-refractivity contribution is 0.00601. The molecule has 0 heterocycles. The summed E-state index contributed by atoms with van der Waals surface area (Å²) in [5, 5.41) is 0. The van der Waals surface area contributed by atoms with Crippen molar-refractivity contribution >= 4 is 5.78 Å². The molecule has 0 saturated carbocycles. The van der Waals surface area contributed by atoms with Gasteiger partial charge >= 0.3 is 5.92 Å². The molecule has 0 fully saturated rings. The van der Waals surface area contributed by atoms with Gasteiger partial charge < -0.3 is 4.74 Å². The predicted molar refractivity (Wildman–Crippen MR) is 67.6 cm³/mol. The number of methoxy groups -OCH3 is 1. The zero-order valence-corrected chi connectivity index (χ0v) is 10.6. The van der Waals surface area contributed by atoms with E-state index in [-0.39, 0.29) is 11.3 Å². The molecular weight excluding hydrogens is 269 g/mol. The van der Waals surface area contributed by atoms with Gasteiger partial charge in [0.1, 0.15) is 11.6 Å². The van der Waals surface area contributed by atoms with E-state index in [2.05, 4.69) is 0 Å². The molecule has 0 N–H and O–H groups in total. The summed E-state index contributed by atoms with van der Waals surface area (Å²) < 4.78 is 46.1. The van der Waals surface area contributed by atoms with Crippen LogP contribution in [-0.4, -0.2) is 12.9 Å². The monoisotopic (exact) mass is 280 g/mol. The summed E-state index contributed by atoms with van der Waals surface area (Å²) in [7, 11) is 1.25. The minimum absolute atomic E-state index is 0.0760. The van der Waals surface area contributed by atoms with E-state index in [0.29, 0.717) is 0 Å². The van der Waals surface area contributed by atoms with Crippen LogP contribution in [-0.2, 0) is 5.92 Å². The first kappa shape index (κ1) is 14.1. The van der Waals surface area contributed by atoms with Crippen molar-refractivity contribution in [3.05, 3.63) is 65.5 Å². The molecule has 0 aromatic heterocycles. The molecule has 2 nitrogen and oxygen atoms in total. The second-order valence-electron chi connectivity index (χ2n) is 4.11. The summed E-state index contributed by atoms with van der Waals surface area (Å²) in [6.07, 6.45) is 0. The van der Waals surface area contributed by atoms with Gasteiger partial charge in [-0.1, -0.05) is 12.1 Å². The lowest BCUT2D eigenvalue weighted by Gasteiger charge is -2.18. The maximum Gasteiger partial charge on any atom is 0.338 e. The number of rotatable bonds is 4. The molecule has 2 rings (SSSR count). The third-order valence-electron chi connectivity index (χ3n) is 2.84. The van der Waals surface area contributed by atoms with E-state index in [1.54, 1.807) is 0 Å². The molecule has 20 heavy (non-hydrogen) atoms. The van der Waals surface area contributed by atoms with E-state index in [1.165, 1.54) is 25.3 Å². The van der Waals surface area contributed by atoms with Gasteiger partial charge in [0.2, 0.25) is 5.78 Å². The maximum atomic E-state index is 14.3. The molecular formula is C15H11F3O2. The Balaban J connectivity index is 2.43. The van der Waals surface area contributed by atoms with Gasteiger partial charge in [-0.15, -0.1) is 0 Å². The van der Waals surface area contributed by atoms with Gasteiger partial charge in [-0.25, -0.2) is 4.39 Å². The van der Waals surface area contributed by atoms with Crippen molar-refractivity contribution in [1.82, 2.24) is 0 Å². The summed E-state index contributed by atoms with van der Waals surface area (Å²) in [6.45, 7) is 0. The van der Waals surface area contributed by atoms with Crippen LogP contribution in [0.2, 0.25) is 0 Å². The van der Waals surface area contributed by atoms with Gasteiger partial charge in [0.25, 0.3) is 0 Å². The number of para-hydroxylation sites is 1. The second kappa shape index (κ2) is 5.36. The molecule has 0 aliphatic rings. The summed E-state index contributed by atoms with van der Waals surface area (Å²) in [6, 6.07) is 9.38. The Labute approximate surface area is 113 Å². The smallest absolute Gasteiger partial charge is 0.338 e. The van der Waals surface area contributed by atoms with Crippen LogP contribution in [0.5, 0.6) is 5.75 Å². The highest BCUT2D eigenvalue weighted by Crippen LogP contribution is 2.37. The number of ketones is 1. The third kappa shape index (κ3) is 2.52. The molecule has 0 amide bonds. The first-order valence-electron chi connectivity index (χ1n) is 5.78. The van der Waals surface area contributed by atoms with Crippen LogP contribution in [0.4, 0.5) is 13.2 Å². The standard InChI is InChI=1S/C15H11F3O2/c1-20-13-5-3-2-4-12(13)15(17,18)14(19)10-6-8-11(16)9-7-10/h2-9H,1H3. The topological polar surface area (TPSA) is 26.3 Å². The normalized spacial score (nSPS) is 11.2. The van der Waals surface area contributed by atoms with E-state index in [0.717, 1.165) is 30.3 Å². The lowest BCUT2D eigenvalue weighted by Crippen LogP contribution is -2.26. The molecule has 0 aliphatic heterocycles. The molecule has 0 bridgehead atoms. The van der Waals surface area contributed by atoms with E-state index < -0.39 is 23.1 Å². The molecule has 0 spiro atoms. The van der Waals surface area contributed by atoms with Crippen LogP contribution in [0.1, 0.15) is 15.9 Å². The van der Waals surface area contributed by atoms with E-state index in [9.17, 15) is 18.0 Å². The zero-order chi connectivity index (χ0) is 14.8. The largest absolute Gasteiger partial charge is 0.496 e. The maximum absolute atomic E-state index is 14.3. The molecule has 104 valence electrons. The highest BCUT2D eigenvalue weighted by atomic mass is 19.3. The van der Waals surface area contributed by atoms with Gasteiger partial charge in [-0.2, -0.15) is 8.78 Å². The number of benzene rings is 2. The number of alkyl halides is 2. The number of ether oxygens (including phenoxy) is 1. The number of hydrogen-bond donors (Lipinski definition) is 0. The molecule has 5 heteroatoms. The number of Topliss-reactive ketones (excluding diaryl/α,β-unsaturated/α-hetero) is 1. The lowest BCUT2D eigenvalue weighted by atomic mass is 9.98. The van der Waals surface area contributed by atoms with Crippen molar-refractivity contribution in [1.29, 1.82) is 0 Å². The molecule has 0 radical (unpaired) electrons. The van der Waals surface area contributed by atoms with Crippen LogP contribution >= 0.6 is 0 Å². The van der Waals surface area contributed by atoms with Crippen LogP contribution in [0, 0.1) is 5.82 Å². The van der Waals surface area contributed by atoms with E-state index in [1.807, 2.05) is 0 Å². The van der Waals surface area contributed by atoms with Crippen molar-refractivity contribution in [2.75, 3.05) is 7.11 Å². The van der Waals surface area contributed by atoms with Crippen LogP contribution in [0.25, 0.3) is 0 Å². The highest BCUT2D eigenvalue weighted by molar-refractivity contribution is 6.02. The summed E-state index contributed by atoms with van der Waals surface area (Å²) in [4.78, 5) is 11.9. The minimum Gasteiger partial charge on any atom is -0.496 e. The minimum atomic E-state index is -3.75. The summed E-state index contributed by atoms with van der Waals surface area (Å²) in [5.41, 5.74) is -0.779. The fourth-order valence-electron chi connectivity index (χ4n) is 1.81. The number of hydrogen-bond acceptors (Lipinski definition) is 2. The average molecular weight is 280 g/mol. The van der Waals surface area contributed by atoms with Gasteiger partial charge in [-0.3, -0.25) is 4.79 Å². The molecule has 0 aliphatic carbocycles. The van der Waals surface area contributed by atoms with Crippen molar-refractivity contribution < 1.29 is 22.7 Å². The quantitative estimate of drug-likeness (QED) is 0.796. The Morgan fingerprint density at radius 3 is 2.25 bits per heavy atom. The first-order chi connectivity index (χ1) is 9.46. The second-order valence-corrected chi connectivity index (χ2v) is 4.11. The van der Waals surface area contributed by atoms with Crippen molar-refractivity contribution in [2.24, 2.45) is 0 Å². The van der Waals surface area contributed by atoms with Gasteiger partial charge in [0, 0.05) is 5.56 Å². The Morgan fingerprint density at radius 1 is 1.05 bits per heavy atom. The van der Waals surface area contributed by atoms with Gasteiger partial charge in [-0.05, 0) is 36.4 Å². The fraction of sp³-hybridized carbons (Fsp3) is 0.133.